The minimum Gasteiger partial charge on any atom is -0.328 e. The molecule has 9 heavy (non-hydrogen) atoms. The van der Waals surface area contributed by atoms with Crippen molar-refractivity contribution >= 4 is 0 Å². The molecule has 0 spiro atoms. The smallest absolute Gasteiger partial charge is 0.00399 e. The first-order valence-electron chi connectivity index (χ1n) is 3.30. The van der Waals surface area contributed by atoms with Gasteiger partial charge in [-0.05, 0) is 25.7 Å². The quantitative estimate of drug-likeness (QED) is 0.672. The van der Waals surface area contributed by atoms with Gasteiger partial charge in [0.25, 0.3) is 0 Å². The Bertz CT molecular complexity index is 59.5. The van der Waals surface area contributed by atoms with E-state index in [0.717, 1.165) is 25.7 Å². The average Bonchev–Trinajstić information content (AvgIpc) is 1.77. The Morgan fingerprint density at radius 1 is 0.778 bits per heavy atom. The summed E-state index contributed by atoms with van der Waals surface area (Å²) in [6.07, 6.45) is 4.50. The summed E-state index contributed by atoms with van der Waals surface area (Å²) in [5, 5.41) is 0. The van der Waals surface area contributed by atoms with E-state index >= 15 is 0 Å². The van der Waals surface area contributed by atoms with Crippen LogP contribution in [0.5, 0.6) is 0 Å². The molecule has 0 atom stereocenters. The van der Waals surface area contributed by atoms with E-state index in [2.05, 4.69) is 0 Å². The van der Waals surface area contributed by atoms with Crippen LogP contribution in [0.3, 0.4) is 0 Å². The Balaban J connectivity index is 0.000000640. The predicted octanol–water partition coefficient (Wildman–Crippen LogP) is 0.212. The van der Waals surface area contributed by atoms with Crippen molar-refractivity contribution in [2.24, 2.45) is 11.5 Å². The first kappa shape index (κ1) is 9.61. The van der Waals surface area contributed by atoms with Crippen molar-refractivity contribution in [3.8, 4) is 0 Å². The summed E-state index contributed by atoms with van der Waals surface area (Å²) in [5.41, 5.74) is 11.3. The normalized spacial score (nSPS) is 35.3. The van der Waals surface area contributed by atoms with Crippen LogP contribution in [0.2, 0.25) is 0 Å². The van der Waals surface area contributed by atoms with Gasteiger partial charge in [0.1, 0.15) is 0 Å². The van der Waals surface area contributed by atoms with Crippen molar-refractivity contribution in [2.45, 2.75) is 37.8 Å². The zero-order valence-electron chi connectivity index (χ0n) is 5.45. The fourth-order valence-electron chi connectivity index (χ4n) is 1.14. The Morgan fingerprint density at radius 2 is 1.00 bits per heavy atom. The zero-order valence-corrected chi connectivity index (χ0v) is 7.73. The van der Waals surface area contributed by atoms with Crippen molar-refractivity contribution in [2.75, 3.05) is 0 Å². The molecule has 1 fully saturated rings. The Kier molecular flexibility index (Phi) is 4.73. The van der Waals surface area contributed by atoms with Crippen LogP contribution in [-0.4, -0.2) is 12.1 Å². The minimum atomic E-state index is 0. The van der Waals surface area contributed by atoms with Gasteiger partial charge in [-0.25, -0.2) is 0 Å². The van der Waals surface area contributed by atoms with Gasteiger partial charge in [-0.15, -0.1) is 0 Å². The molecule has 1 rings (SSSR count). The molecule has 1 aliphatic carbocycles. The van der Waals surface area contributed by atoms with Crippen molar-refractivity contribution in [1.82, 2.24) is 0 Å². The number of hydrogen-bond donors (Lipinski definition) is 2. The van der Waals surface area contributed by atoms with Gasteiger partial charge in [0, 0.05) is 33.1 Å². The molecule has 0 aliphatic heterocycles. The van der Waals surface area contributed by atoms with Crippen LogP contribution >= 0.6 is 0 Å². The van der Waals surface area contributed by atoms with Gasteiger partial charge in [-0.3, -0.25) is 0 Å². The van der Waals surface area contributed by atoms with Crippen molar-refractivity contribution < 1.29 is 21.1 Å². The summed E-state index contributed by atoms with van der Waals surface area (Å²) in [6.45, 7) is 0. The monoisotopic (exact) mass is 309 g/mol. The predicted molar refractivity (Wildman–Crippen MR) is 34.4 cm³/mol. The fraction of sp³-hybridized carbons (Fsp3) is 1.00. The molecular weight excluding hydrogens is 295 g/mol. The maximum Gasteiger partial charge on any atom is 0.00399 e. The molecule has 0 unspecified atom stereocenters. The Morgan fingerprint density at radius 3 is 1.22 bits per heavy atom. The summed E-state index contributed by atoms with van der Waals surface area (Å²) in [4.78, 5) is 0. The molecular formula is C6H14N2Pt. The molecule has 1 aliphatic rings. The average molecular weight is 309 g/mol. The van der Waals surface area contributed by atoms with Crippen LogP contribution in [0.4, 0.5) is 0 Å². The van der Waals surface area contributed by atoms with Crippen LogP contribution in [0, 0.1) is 0 Å². The van der Waals surface area contributed by atoms with E-state index in [4.69, 9.17) is 11.5 Å². The first-order chi connectivity index (χ1) is 3.79. The second-order valence-electron chi connectivity index (χ2n) is 2.67. The third-order valence-electron chi connectivity index (χ3n) is 1.82. The van der Waals surface area contributed by atoms with Crippen LogP contribution < -0.4 is 11.5 Å². The zero-order chi connectivity index (χ0) is 5.98. The summed E-state index contributed by atoms with van der Waals surface area (Å²) in [5.74, 6) is 0. The largest absolute Gasteiger partial charge is 0.328 e. The van der Waals surface area contributed by atoms with E-state index in [1.807, 2.05) is 0 Å². The van der Waals surface area contributed by atoms with Gasteiger partial charge in [0.15, 0.2) is 0 Å². The second kappa shape index (κ2) is 4.43. The SMILES string of the molecule is N[C@H]1CC[C@@H](N)CC1.[Pt]. The van der Waals surface area contributed by atoms with Crippen molar-refractivity contribution in [3.05, 3.63) is 0 Å². The van der Waals surface area contributed by atoms with E-state index in [1.165, 1.54) is 0 Å². The van der Waals surface area contributed by atoms with Crippen molar-refractivity contribution in [3.63, 3.8) is 0 Å². The third kappa shape index (κ3) is 3.34. The van der Waals surface area contributed by atoms with Gasteiger partial charge >= 0.3 is 0 Å². The standard InChI is InChI=1S/C6H14N2.Pt/c7-5-1-2-6(8)4-3-5;/h5-6H,1-4,7-8H2;/t5-,6+;. The molecule has 0 radical (unpaired) electrons. The van der Waals surface area contributed by atoms with Crippen LogP contribution in [0.15, 0.2) is 0 Å². The van der Waals surface area contributed by atoms with Crippen LogP contribution in [-0.2, 0) is 21.1 Å². The second-order valence-corrected chi connectivity index (χ2v) is 2.67. The van der Waals surface area contributed by atoms with E-state index in [1.54, 1.807) is 0 Å². The molecule has 0 bridgehead atoms. The van der Waals surface area contributed by atoms with E-state index in [9.17, 15) is 0 Å². The number of rotatable bonds is 0. The van der Waals surface area contributed by atoms with Gasteiger partial charge in [0.2, 0.25) is 0 Å². The number of nitrogens with two attached hydrogens (primary N) is 2. The molecule has 58 valence electrons. The topological polar surface area (TPSA) is 52.0 Å². The van der Waals surface area contributed by atoms with Gasteiger partial charge in [-0.1, -0.05) is 0 Å². The molecule has 3 heteroatoms. The van der Waals surface area contributed by atoms with Crippen LogP contribution in [0.1, 0.15) is 25.7 Å². The Hall–Kier alpha value is 0.608. The molecule has 4 N–H and O–H groups in total. The molecule has 0 aromatic rings. The van der Waals surface area contributed by atoms with Gasteiger partial charge < -0.3 is 11.5 Å². The number of hydrogen-bond acceptors (Lipinski definition) is 2. The molecule has 0 heterocycles. The molecule has 0 saturated heterocycles. The summed E-state index contributed by atoms with van der Waals surface area (Å²) < 4.78 is 0. The summed E-state index contributed by atoms with van der Waals surface area (Å²) >= 11 is 0. The molecule has 0 aromatic heterocycles. The van der Waals surface area contributed by atoms with E-state index in [0.29, 0.717) is 12.1 Å². The summed E-state index contributed by atoms with van der Waals surface area (Å²) in [7, 11) is 0. The van der Waals surface area contributed by atoms with Crippen molar-refractivity contribution in [1.29, 1.82) is 0 Å². The van der Waals surface area contributed by atoms with E-state index < -0.39 is 0 Å². The molecule has 1 saturated carbocycles. The Labute approximate surface area is 70.6 Å². The minimum absolute atomic E-state index is 0. The first-order valence-corrected chi connectivity index (χ1v) is 3.30. The maximum atomic E-state index is 5.64. The maximum absolute atomic E-state index is 5.64. The molecule has 0 amide bonds. The molecule has 2 nitrogen and oxygen atoms in total. The van der Waals surface area contributed by atoms with E-state index in [-0.39, 0.29) is 21.1 Å². The molecule has 0 aromatic carbocycles. The summed E-state index contributed by atoms with van der Waals surface area (Å²) in [6, 6.07) is 0.879. The third-order valence-corrected chi connectivity index (χ3v) is 1.82. The van der Waals surface area contributed by atoms with Gasteiger partial charge in [0.05, 0.1) is 0 Å². The van der Waals surface area contributed by atoms with Crippen LogP contribution in [0.25, 0.3) is 0 Å². The van der Waals surface area contributed by atoms with Gasteiger partial charge in [-0.2, -0.15) is 0 Å². The fourth-order valence-corrected chi connectivity index (χ4v) is 1.14.